The molecule has 92 valence electrons. The SMILES string of the molecule is COc1ccc(C2(C(=O)O)CC2)c(OC)c1Br. The maximum Gasteiger partial charge on any atom is 0.314 e. The summed E-state index contributed by atoms with van der Waals surface area (Å²) in [5.74, 6) is 0.379. The molecule has 17 heavy (non-hydrogen) atoms. The van der Waals surface area contributed by atoms with Gasteiger partial charge in [-0.25, -0.2) is 0 Å². The van der Waals surface area contributed by atoms with E-state index in [1.54, 1.807) is 19.2 Å². The monoisotopic (exact) mass is 300 g/mol. The number of hydrogen-bond acceptors (Lipinski definition) is 3. The zero-order chi connectivity index (χ0) is 12.6. The van der Waals surface area contributed by atoms with Crippen LogP contribution in [-0.2, 0) is 10.2 Å². The van der Waals surface area contributed by atoms with E-state index in [0.717, 1.165) is 0 Å². The van der Waals surface area contributed by atoms with Gasteiger partial charge in [-0.3, -0.25) is 4.79 Å². The predicted octanol–water partition coefficient (Wildman–Crippen LogP) is 2.58. The highest BCUT2D eigenvalue weighted by Crippen LogP contribution is 2.54. The molecule has 0 radical (unpaired) electrons. The number of methoxy groups -OCH3 is 2. The average molecular weight is 301 g/mol. The molecule has 0 spiro atoms. The lowest BCUT2D eigenvalue weighted by atomic mass is 9.95. The Bertz CT molecular complexity index is 466. The van der Waals surface area contributed by atoms with Gasteiger partial charge in [0.25, 0.3) is 0 Å². The minimum Gasteiger partial charge on any atom is -0.495 e. The van der Waals surface area contributed by atoms with Crippen LogP contribution in [0.4, 0.5) is 0 Å². The second kappa shape index (κ2) is 4.22. The first-order valence-corrected chi connectivity index (χ1v) is 6.00. The van der Waals surface area contributed by atoms with Gasteiger partial charge in [0.2, 0.25) is 0 Å². The van der Waals surface area contributed by atoms with Gasteiger partial charge in [-0.2, -0.15) is 0 Å². The molecule has 1 saturated carbocycles. The Morgan fingerprint density at radius 1 is 1.35 bits per heavy atom. The summed E-state index contributed by atoms with van der Waals surface area (Å²) in [5.41, 5.74) is -0.0691. The number of benzene rings is 1. The summed E-state index contributed by atoms with van der Waals surface area (Å²) in [6.45, 7) is 0. The second-order valence-corrected chi connectivity index (χ2v) is 4.84. The number of carboxylic acid groups (broad SMARTS) is 1. The van der Waals surface area contributed by atoms with E-state index in [1.165, 1.54) is 7.11 Å². The third kappa shape index (κ3) is 1.78. The van der Waals surface area contributed by atoms with Crippen LogP contribution in [0.3, 0.4) is 0 Å². The normalized spacial score (nSPS) is 16.4. The fourth-order valence-electron chi connectivity index (χ4n) is 2.00. The molecule has 1 aromatic rings. The molecule has 0 atom stereocenters. The van der Waals surface area contributed by atoms with E-state index in [0.29, 0.717) is 34.4 Å². The van der Waals surface area contributed by atoms with Crippen molar-refractivity contribution in [3.05, 3.63) is 22.2 Å². The highest BCUT2D eigenvalue weighted by atomic mass is 79.9. The van der Waals surface area contributed by atoms with E-state index >= 15 is 0 Å². The van der Waals surface area contributed by atoms with Gasteiger partial charge in [-0.05, 0) is 34.8 Å². The van der Waals surface area contributed by atoms with Crippen LogP contribution in [0.2, 0.25) is 0 Å². The molecule has 0 amide bonds. The minimum atomic E-state index is -0.798. The van der Waals surface area contributed by atoms with Crippen molar-refractivity contribution in [2.45, 2.75) is 18.3 Å². The average Bonchev–Trinajstić information content (AvgIpc) is 3.09. The highest BCUT2D eigenvalue weighted by Gasteiger charge is 2.53. The first-order valence-electron chi connectivity index (χ1n) is 5.21. The number of hydrogen-bond donors (Lipinski definition) is 1. The van der Waals surface area contributed by atoms with Crippen LogP contribution in [0.1, 0.15) is 18.4 Å². The van der Waals surface area contributed by atoms with Crippen molar-refractivity contribution in [1.29, 1.82) is 0 Å². The Labute approximate surface area is 108 Å². The molecule has 4 nitrogen and oxygen atoms in total. The zero-order valence-corrected chi connectivity index (χ0v) is 11.2. The second-order valence-electron chi connectivity index (χ2n) is 4.05. The minimum absolute atomic E-state index is 0.546. The van der Waals surface area contributed by atoms with Gasteiger partial charge in [-0.1, -0.05) is 6.07 Å². The van der Waals surface area contributed by atoms with Crippen molar-refractivity contribution < 1.29 is 19.4 Å². The highest BCUT2D eigenvalue weighted by molar-refractivity contribution is 9.10. The van der Waals surface area contributed by atoms with E-state index in [9.17, 15) is 9.90 Å². The molecule has 1 aliphatic carbocycles. The van der Waals surface area contributed by atoms with Gasteiger partial charge >= 0.3 is 5.97 Å². The Balaban J connectivity index is 2.56. The molecule has 0 aromatic heterocycles. The number of carboxylic acids is 1. The Morgan fingerprint density at radius 3 is 2.41 bits per heavy atom. The molecule has 0 unspecified atom stereocenters. The Hall–Kier alpha value is -1.23. The Morgan fingerprint density at radius 2 is 2.00 bits per heavy atom. The smallest absolute Gasteiger partial charge is 0.314 e. The summed E-state index contributed by atoms with van der Waals surface area (Å²) in [6, 6.07) is 3.52. The molecule has 2 rings (SSSR count). The molecule has 0 heterocycles. The number of halogens is 1. The van der Waals surface area contributed by atoms with Crippen molar-refractivity contribution in [2.75, 3.05) is 14.2 Å². The predicted molar refractivity (Wildman–Crippen MR) is 65.8 cm³/mol. The van der Waals surface area contributed by atoms with Gasteiger partial charge in [0.1, 0.15) is 16.0 Å². The molecule has 0 saturated heterocycles. The summed E-state index contributed by atoms with van der Waals surface area (Å²) in [4.78, 5) is 11.3. The van der Waals surface area contributed by atoms with Crippen LogP contribution in [0.5, 0.6) is 11.5 Å². The summed E-state index contributed by atoms with van der Waals surface area (Å²) in [5, 5.41) is 9.29. The van der Waals surface area contributed by atoms with Crippen molar-refractivity contribution in [3.8, 4) is 11.5 Å². The van der Waals surface area contributed by atoms with Gasteiger partial charge in [0.15, 0.2) is 0 Å². The fraction of sp³-hybridized carbons (Fsp3) is 0.417. The number of carbonyl (C=O) groups is 1. The number of rotatable bonds is 4. The number of aliphatic carboxylic acids is 1. The molecule has 0 aliphatic heterocycles. The first-order chi connectivity index (χ1) is 8.06. The van der Waals surface area contributed by atoms with Gasteiger partial charge < -0.3 is 14.6 Å². The van der Waals surface area contributed by atoms with Crippen LogP contribution in [0, 0.1) is 0 Å². The van der Waals surface area contributed by atoms with Crippen molar-refractivity contribution in [2.24, 2.45) is 0 Å². The largest absolute Gasteiger partial charge is 0.495 e. The molecule has 1 aromatic carbocycles. The molecule has 5 heteroatoms. The summed E-state index contributed by atoms with van der Waals surface area (Å²) in [6.07, 6.45) is 1.30. The van der Waals surface area contributed by atoms with E-state index in [-0.39, 0.29) is 0 Å². The van der Waals surface area contributed by atoms with Crippen LogP contribution in [-0.4, -0.2) is 25.3 Å². The summed E-state index contributed by atoms with van der Waals surface area (Å²) in [7, 11) is 3.09. The third-order valence-corrected chi connectivity index (χ3v) is 3.91. The zero-order valence-electron chi connectivity index (χ0n) is 9.62. The van der Waals surface area contributed by atoms with Gasteiger partial charge in [0, 0.05) is 5.56 Å². The van der Waals surface area contributed by atoms with Crippen molar-refractivity contribution in [3.63, 3.8) is 0 Å². The standard InChI is InChI=1S/C12H13BrO4/c1-16-8-4-3-7(10(17-2)9(8)13)12(5-6-12)11(14)15/h3-4H,5-6H2,1-2H3,(H,14,15). The van der Waals surface area contributed by atoms with Crippen LogP contribution < -0.4 is 9.47 Å². The maximum atomic E-state index is 11.3. The lowest BCUT2D eigenvalue weighted by molar-refractivity contribution is -0.140. The van der Waals surface area contributed by atoms with Gasteiger partial charge in [0.05, 0.1) is 19.6 Å². The van der Waals surface area contributed by atoms with Crippen LogP contribution in [0.25, 0.3) is 0 Å². The van der Waals surface area contributed by atoms with Crippen molar-refractivity contribution in [1.82, 2.24) is 0 Å². The quantitative estimate of drug-likeness (QED) is 0.928. The molecular formula is C12H13BrO4. The maximum absolute atomic E-state index is 11.3. The third-order valence-electron chi connectivity index (χ3n) is 3.16. The van der Waals surface area contributed by atoms with Gasteiger partial charge in [-0.15, -0.1) is 0 Å². The van der Waals surface area contributed by atoms with E-state index in [2.05, 4.69) is 15.9 Å². The molecular weight excluding hydrogens is 288 g/mol. The lowest BCUT2D eigenvalue weighted by Gasteiger charge is -2.17. The molecule has 1 fully saturated rings. The lowest BCUT2D eigenvalue weighted by Crippen LogP contribution is -2.20. The Kier molecular flexibility index (Phi) is 3.03. The van der Waals surface area contributed by atoms with E-state index in [4.69, 9.17) is 9.47 Å². The number of ether oxygens (including phenoxy) is 2. The fourth-order valence-corrected chi connectivity index (χ4v) is 2.66. The van der Waals surface area contributed by atoms with Crippen LogP contribution in [0.15, 0.2) is 16.6 Å². The molecule has 0 bridgehead atoms. The molecule has 1 aliphatic rings. The van der Waals surface area contributed by atoms with Crippen molar-refractivity contribution >= 4 is 21.9 Å². The first kappa shape index (κ1) is 12.2. The van der Waals surface area contributed by atoms with E-state index < -0.39 is 11.4 Å². The van der Waals surface area contributed by atoms with E-state index in [1.807, 2.05) is 0 Å². The summed E-state index contributed by atoms with van der Waals surface area (Å²) < 4.78 is 11.1. The summed E-state index contributed by atoms with van der Waals surface area (Å²) >= 11 is 3.38. The molecule has 1 N–H and O–H groups in total. The topological polar surface area (TPSA) is 55.8 Å². The van der Waals surface area contributed by atoms with Crippen LogP contribution >= 0.6 is 15.9 Å².